The van der Waals surface area contributed by atoms with Crippen LogP contribution in [0.2, 0.25) is 0 Å². The Balaban J connectivity index is 1.51. The number of nitrogens with zero attached hydrogens (tertiary/aromatic N) is 2. The van der Waals surface area contributed by atoms with Crippen LogP contribution in [0.25, 0.3) is 0 Å². The Morgan fingerprint density at radius 2 is 1.80 bits per heavy atom. The lowest BCUT2D eigenvalue weighted by molar-refractivity contribution is -0.132. The Bertz CT molecular complexity index is 985. The van der Waals surface area contributed by atoms with E-state index in [0.717, 1.165) is 34.7 Å². The first-order valence-electron chi connectivity index (χ1n) is 10.7. The number of aromatic nitrogens is 1. The molecule has 1 aliphatic carbocycles. The highest BCUT2D eigenvalue weighted by molar-refractivity contribution is 6.11. The van der Waals surface area contributed by atoms with Crippen molar-refractivity contribution >= 4 is 17.7 Å². The van der Waals surface area contributed by atoms with E-state index in [2.05, 4.69) is 28.9 Å². The van der Waals surface area contributed by atoms with Crippen molar-refractivity contribution in [3.63, 3.8) is 0 Å². The first-order valence-corrected chi connectivity index (χ1v) is 10.7. The molecule has 1 aliphatic heterocycles. The Hall–Kier alpha value is -2.89. The Kier molecular flexibility index (Phi) is 5.26. The average molecular weight is 408 g/mol. The first-order chi connectivity index (χ1) is 14.3. The summed E-state index contributed by atoms with van der Waals surface area (Å²) in [6.07, 6.45) is 3.12. The van der Waals surface area contributed by atoms with E-state index in [4.69, 9.17) is 0 Å². The van der Waals surface area contributed by atoms with E-state index in [1.165, 1.54) is 0 Å². The number of urea groups is 1. The van der Waals surface area contributed by atoms with E-state index in [9.17, 15) is 14.4 Å². The highest BCUT2D eigenvalue weighted by atomic mass is 16.2. The van der Waals surface area contributed by atoms with Crippen molar-refractivity contribution in [2.45, 2.75) is 58.5 Å². The third kappa shape index (κ3) is 3.55. The first kappa shape index (κ1) is 20.4. The van der Waals surface area contributed by atoms with Crippen LogP contribution >= 0.6 is 0 Å². The molecular weight excluding hydrogens is 378 g/mol. The maximum Gasteiger partial charge on any atom is 0.325 e. The summed E-state index contributed by atoms with van der Waals surface area (Å²) in [5.74, 6) is 0.115. The summed E-state index contributed by atoms with van der Waals surface area (Å²) in [5.41, 5.74) is 2.75. The van der Waals surface area contributed by atoms with Crippen LogP contribution in [0.3, 0.4) is 0 Å². The molecule has 0 atom stereocenters. The molecule has 1 spiro atoms. The molecule has 1 aromatic carbocycles. The van der Waals surface area contributed by atoms with Crippen LogP contribution in [0, 0.1) is 19.8 Å². The summed E-state index contributed by atoms with van der Waals surface area (Å²) in [7, 11) is 0. The van der Waals surface area contributed by atoms with Crippen molar-refractivity contribution in [2.75, 3.05) is 6.54 Å². The molecule has 1 N–H and O–H groups in total. The summed E-state index contributed by atoms with van der Waals surface area (Å²) in [5, 5.41) is 2.89. The van der Waals surface area contributed by atoms with E-state index >= 15 is 0 Å². The molecule has 4 rings (SSSR count). The zero-order chi connectivity index (χ0) is 21.5. The SMILES string of the molecule is Cc1cc(C(=O)CN2C(=O)NC3(CCC(C)CC3)C2=O)c(C)n1Cc1ccccc1. The van der Waals surface area contributed by atoms with Gasteiger partial charge in [0.25, 0.3) is 5.91 Å². The number of Topliss-reactive ketones (excluding diaryl/α,β-unsaturated/α-hetero) is 1. The standard InChI is InChI=1S/C24H29N3O3/c1-16-9-11-24(12-10-16)22(29)27(23(30)25-24)15-21(28)20-13-17(2)26(18(20)3)14-19-7-5-4-6-8-19/h4-8,13,16H,9-12,14-15H2,1-3H3,(H,25,30). The van der Waals surface area contributed by atoms with Crippen LogP contribution in [-0.2, 0) is 11.3 Å². The number of hydrogen-bond donors (Lipinski definition) is 1. The monoisotopic (exact) mass is 407 g/mol. The molecule has 0 radical (unpaired) electrons. The summed E-state index contributed by atoms with van der Waals surface area (Å²) >= 11 is 0. The van der Waals surface area contributed by atoms with Gasteiger partial charge in [0.2, 0.25) is 0 Å². The second-order valence-corrected chi connectivity index (χ2v) is 8.87. The lowest BCUT2D eigenvalue weighted by Crippen LogP contribution is -2.49. The quantitative estimate of drug-likeness (QED) is 0.605. The minimum Gasteiger partial charge on any atom is -0.344 e. The third-order valence-corrected chi connectivity index (χ3v) is 6.73. The largest absolute Gasteiger partial charge is 0.344 e. The van der Waals surface area contributed by atoms with Gasteiger partial charge in [-0.1, -0.05) is 37.3 Å². The van der Waals surface area contributed by atoms with Crippen LogP contribution in [0.4, 0.5) is 4.79 Å². The number of hydrogen-bond acceptors (Lipinski definition) is 3. The average Bonchev–Trinajstić information content (AvgIpc) is 3.14. The van der Waals surface area contributed by atoms with E-state index in [0.29, 0.717) is 30.9 Å². The van der Waals surface area contributed by atoms with Crippen molar-refractivity contribution < 1.29 is 14.4 Å². The van der Waals surface area contributed by atoms with Crippen molar-refractivity contribution in [3.8, 4) is 0 Å². The van der Waals surface area contributed by atoms with Crippen LogP contribution in [-0.4, -0.2) is 39.3 Å². The van der Waals surface area contributed by atoms with Gasteiger partial charge >= 0.3 is 6.03 Å². The summed E-state index contributed by atoms with van der Waals surface area (Å²) in [4.78, 5) is 39.8. The number of ketones is 1. The van der Waals surface area contributed by atoms with Gasteiger partial charge in [-0.2, -0.15) is 0 Å². The highest BCUT2D eigenvalue weighted by Crippen LogP contribution is 2.36. The molecule has 0 bridgehead atoms. The van der Waals surface area contributed by atoms with Crippen LogP contribution in [0.5, 0.6) is 0 Å². The maximum atomic E-state index is 13.1. The number of benzene rings is 1. The topological polar surface area (TPSA) is 71.4 Å². The molecule has 2 aliphatic rings. The smallest absolute Gasteiger partial charge is 0.325 e. The number of aryl methyl sites for hydroxylation is 1. The van der Waals surface area contributed by atoms with Gasteiger partial charge in [-0.25, -0.2) is 4.79 Å². The Labute approximate surface area is 177 Å². The summed E-state index contributed by atoms with van der Waals surface area (Å²) in [6.45, 7) is 6.52. The molecule has 30 heavy (non-hydrogen) atoms. The van der Waals surface area contributed by atoms with Gasteiger partial charge in [0.15, 0.2) is 5.78 Å². The normalized spacial score (nSPS) is 23.8. The predicted octanol–water partition coefficient (Wildman–Crippen LogP) is 3.84. The van der Waals surface area contributed by atoms with Crippen molar-refractivity contribution in [3.05, 3.63) is 58.9 Å². The molecule has 6 nitrogen and oxygen atoms in total. The van der Waals surface area contributed by atoms with E-state index < -0.39 is 11.6 Å². The minimum absolute atomic E-state index is 0.202. The molecule has 2 heterocycles. The fourth-order valence-corrected chi connectivity index (χ4v) is 4.74. The van der Waals surface area contributed by atoms with Gasteiger partial charge in [-0.15, -0.1) is 0 Å². The van der Waals surface area contributed by atoms with Crippen molar-refractivity contribution in [2.24, 2.45) is 5.92 Å². The zero-order valence-corrected chi connectivity index (χ0v) is 17.9. The lowest BCUT2D eigenvalue weighted by Gasteiger charge is -2.33. The second kappa shape index (κ2) is 7.74. The number of amides is 3. The van der Waals surface area contributed by atoms with Crippen LogP contribution in [0.15, 0.2) is 36.4 Å². The number of rotatable bonds is 5. The molecule has 1 saturated heterocycles. The van der Waals surface area contributed by atoms with E-state index in [1.54, 1.807) is 0 Å². The van der Waals surface area contributed by atoms with E-state index in [-0.39, 0.29) is 18.2 Å². The predicted molar refractivity (Wildman–Crippen MR) is 114 cm³/mol. The van der Waals surface area contributed by atoms with Gasteiger partial charge in [0, 0.05) is 23.5 Å². The number of carbonyl (C=O) groups excluding carboxylic acids is 3. The molecule has 3 amide bonds. The molecule has 1 saturated carbocycles. The molecule has 2 fully saturated rings. The fraction of sp³-hybridized carbons (Fsp3) is 0.458. The summed E-state index contributed by atoms with van der Waals surface area (Å²) in [6, 6.07) is 11.5. The Morgan fingerprint density at radius 1 is 1.13 bits per heavy atom. The maximum absolute atomic E-state index is 13.1. The fourth-order valence-electron chi connectivity index (χ4n) is 4.74. The molecule has 6 heteroatoms. The van der Waals surface area contributed by atoms with Crippen molar-refractivity contribution in [1.82, 2.24) is 14.8 Å². The third-order valence-electron chi connectivity index (χ3n) is 6.73. The van der Waals surface area contributed by atoms with Gasteiger partial charge in [0.05, 0.1) is 6.54 Å². The zero-order valence-electron chi connectivity index (χ0n) is 17.9. The number of nitrogens with one attached hydrogen (secondary N) is 1. The second-order valence-electron chi connectivity index (χ2n) is 8.87. The van der Waals surface area contributed by atoms with Gasteiger partial charge in [-0.05, 0) is 57.1 Å². The highest BCUT2D eigenvalue weighted by Gasteiger charge is 2.52. The molecule has 1 aromatic heterocycles. The number of imide groups is 1. The minimum atomic E-state index is -0.811. The van der Waals surface area contributed by atoms with E-state index in [1.807, 2.05) is 38.1 Å². The number of carbonyl (C=O) groups is 3. The van der Waals surface area contributed by atoms with Crippen LogP contribution < -0.4 is 5.32 Å². The van der Waals surface area contributed by atoms with Gasteiger partial charge in [-0.3, -0.25) is 14.5 Å². The summed E-state index contributed by atoms with van der Waals surface area (Å²) < 4.78 is 2.10. The van der Waals surface area contributed by atoms with Gasteiger partial charge in [0.1, 0.15) is 5.54 Å². The lowest BCUT2D eigenvalue weighted by atomic mass is 9.77. The molecular formula is C24H29N3O3. The molecule has 2 aromatic rings. The Morgan fingerprint density at radius 3 is 2.47 bits per heavy atom. The van der Waals surface area contributed by atoms with Gasteiger partial charge < -0.3 is 9.88 Å². The van der Waals surface area contributed by atoms with Crippen LogP contribution in [0.1, 0.15) is 59.9 Å². The molecule has 0 unspecified atom stereocenters. The molecule has 158 valence electrons. The van der Waals surface area contributed by atoms with Crippen molar-refractivity contribution in [1.29, 1.82) is 0 Å².